The van der Waals surface area contributed by atoms with Gasteiger partial charge in [-0.25, -0.2) is 9.97 Å². The van der Waals surface area contributed by atoms with Crippen LogP contribution < -0.4 is 5.32 Å². The molecule has 0 spiro atoms. The van der Waals surface area contributed by atoms with Gasteiger partial charge in [-0.2, -0.15) is 0 Å². The first-order valence-corrected chi connectivity index (χ1v) is 4.87. The summed E-state index contributed by atoms with van der Waals surface area (Å²) in [7, 11) is 0. The largest absolute Gasteiger partial charge is 0.354 e. The number of anilines is 1. The second kappa shape index (κ2) is 3.57. The fraction of sp³-hybridized carbons (Fsp3) is 0.250. The van der Waals surface area contributed by atoms with E-state index in [1.165, 1.54) is 0 Å². The van der Waals surface area contributed by atoms with Gasteiger partial charge in [0.25, 0.3) is 0 Å². The van der Waals surface area contributed by atoms with Crippen LogP contribution in [0.2, 0.25) is 0 Å². The number of imidazole rings is 1. The molecule has 2 aromatic heterocycles. The monoisotopic (exact) mass is 194 g/mol. The van der Waals surface area contributed by atoms with Gasteiger partial charge in [0.15, 0.2) is 5.13 Å². The van der Waals surface area contributed by atoms with Gasteiger partial charge >= 0.3 is 0 Å². The number of aryl methyl sites for hydroxylation is 1. The molecule has 0 atom stereocenters. The Bertz CT molecular complexity index is 365. The van der Waals surface area contributed by atoms with E-state index in [0.717, 1.165) is 16.6 Å². The van der Waals surface area contributed by atoms with Crippen molar-refractivity contribution in [3.8, 4) is 0 Å². The molecule has 0 saturated heterocycles. The van der Waals surface area contributed by atoms with Crippen LogP contribution in [0.3, 0.4) is 0 Å². The van der Waals surface area contributed by atoms with E-state index in [-0.39, 0.29) is 0 Å². The Labute approximate surface area is 80.1 Å². The maximum absolute atomic E-state index is 4.28. The Morgan fingerprint density at radius 1 is 1.62 bits per heavy atom. The topological polar surface area (TPSA) is 53.6 Å². The summed E-state index contributed by atoms with van der Waals surface area (Å²) in [6.45, 7) is 2.68. The van der Waals surface area contributed by atoms with E-state index < -0.39 is 0 Å². The summed E-state index contributed by atoms with van der Waals surface area (Å²) in [5.41, 5.74) is 1.05. The number of hydrogen-bond donors (Lipinski definition) is 2. The highest BCUT2D eigenvalue weighted by Gasteiger charge is 1.98. The van der Waals surface area contributed by atoms with Crippen LogP contribution >= 0.6 is 11.3 Å². The van der Waals surface area contributed by atoms with Gasteiger partial charge in [-0.05, 0) is 6.92 Å². The highest BCUT2D eigenvalue weighted by Crippen LogP contribution is 2.14. The van der Waals surface area contributed by atoms with E-state index in [4.69, 9.17) is 0 Å². The Morgan fingerprint density at radius 2 is 2.54 bits per heavy atom. The number of rotatable bonds is 3. The number of aromatic amines is 1. The summed E-state index contributed by atoms with van der Waals surface area (Å²) in [6.07, 6.45) is 3.55. The summed E-state index contributed by atoms with van der Waals surface area (Å²) in [5.74, 6) is 0.924. The highest BCUT2D eigenvalue weighted by atomic mass is 32.1. The molecule has 5 heteroatoms. The van der Waals surface area contributed by atoms with Crippen LogP contribution in [0.15, 0.2) is 17.8 Å². The van der Waals surface area contributed by atoms with Gasteiger partial charge in [0, 0.05) is 17.8 Å². The lowest BCUT2D eigenvalue weighted by Gasteiger charge is -1.97. The molecule has 0 bridgehead atoms. The summed E-state index contributed by atoms with van der Waals surface area (Å²) in [5, 5.41) is 6.14. The molecule has 0 radical (unpaired) electrons. The molecule has 0 saturated carbocycles. The van der Waals surface area contributed by atoms with Crippen molar-refractivity contribution in [1.29, 1.82) is 0 Å². The Balaban J connectivity index is 1.93. The fourth-order valence-corrected chi connectivity index (χ4v) is 1.68. The van der Waals surface area contributed by atoms with E-state index in [2.05, 4.69) is 20.3 Å². The molecule has 4 nitrogen and oxygen atoms in total. The van der Waals surface area contributed by atoms with Crippen molar-refractivity contribution in [3.05, 3.63) is 29.3 Å². The van der Waals surface area contributed by atoms with Crippen molar-refractivity contribution in [1.82, 2.24) is 15.0 Å². The number of hydrogen-bond acceptors (Lipinski definition) is 4. The van der Waals surface area contributed by atoms with Crippen molar-refractivity contribution in [3.63, 3.8) is 0 Å². The molecular formula is C8H10N4S. The van der Waals surface area contributed by atoms with Gasteiger partial charge < -0.3 is 10.3 Å². The lowest BCUT2D eigenvalue weighted by Crippen LogP contribution is -2.00. The smallest absolute Gasteiger partial charge is 0.183 e. The summed E-state index contributed by atoms with van der Waals surface area (Å²) in [6, 6.07) is 0. The van der Waals surface area contributed by atoms with Crippen LogP contribution in [0, 0.1) is 6.92 Å². The Hall–Kier alpha value is -1.36. The molecule has 0 aliphatic heterocycles. The molecule has 2 heterocycles. The quantitative estimate of drug-likeness (QED) is 0.783. The predicted octanol–water partition coefficient (Wildman–Crippen LogP) is 1.79. The molecule has 13 heavy (non-hydrogen) atoms. The molecule has 68 valence electrons. The first kappa shape index (κ1) is 8.25. The van der Waals surface area contributed by atoms with E-state index in [9.17, 15) is 0 Å². The molecule has 0 fully saturated rings. The second-order valence-electron chi connectivity index (χ2n) is 2.68. The maximum Gasteiger partial charge on any atom is 0.183 e. The predicted molar refractivity (Wildman–Crippen MR) is 52.8 cm³/mol. The van der Waals surface area contributed by atoms with E-state index in [1.807, 2.05) is 18.5 Å². The second-order valence-corrected chi connectivity index (χ2v) is 3.54. The van der Waals surface area contributed by atoms with E-state index in [0.29, 0.717) is 6.54 Å². The SMILES string of the molecule is Cc1csc(NCc2ncc[nH]2)n1. The molecule has 0 aromatic carbocycles. The average molecular weight is 194 g/mol. The molecule has 2 N–H and O–H groups in total. The van der Waals surface area contributed by atoms with Gasteiger partial charge in [0.05, 0.1) is 12.2 Å². The lowest BCUT2D eigenvalue weighted by atomic mass is 10.6. The summed E-state index contributed by atoms with van der Waals surface area (Å²) < 4.78 is 0. The molecule has 0 aliphatic rings. The van der Waals surface area contributed by atoms with Crippen LogP contribution in [0.4, 0.5) is 5.13 Å². The lowest BCUT2D eigenvalue weighted by molar-refractivity contribution is 0.994. The minimum Gasteiger partial charge on any atom is -0.354 e. The van der Waals surface area contributed by atoms with Gasteiger partial charge in [0.1, 0.15) is 5.82 Å². The Kier molecular flexibility index (Phi) is 2.27. The minimum absolute atomic E-state index is 0.694. The van der Waals surface area contributed by atoms with Crippen molar-refractivity contribution < 1.29 is 0 Å². The normalized spacial score (nSPS) is 10.2. The third kappa shape index (κ3) is 2.06. The molecule has 0 aliphatic carbocycles. The first-order valence-electron chi connectivity index (χ1n) is 3.99. The number of H-pyrrole nitrogens is 1. The average Bonchev–Trinajstić information content (AvgIpc) is 2.71. The van der Waals surface area contributed by atoms with Crippen LogP contribution in [0.5, 0.6) is 0 Å². The third-order valence-corrected chi connectivity index (χ3v) is 2.50. The van der Waals surface area contributed by atoms with Crippen molar-refractivity contribution >= 4 is 16.5 Å². The zero-order valence-corrected chi connectivity index (χ0v) is 8.06. The van der Waals surface area contributed by atoms with Crippen LogP contribution in [-0.2, 0) is 6.54 Å². The van der Waals surface area contributed by atoms with Gasteiger partial charge in [-0.1, -0.05) is 0 Å². The van der Waals surface area contributed by atoms with E-state index >= 15 is 0 Å². The number of nitrogens with one attached hydrogen (secondary N) is 2. The summed E-state index contributed by atoms with van der Waals surface area (Å²) >= 11 is 1.61. The zero-order chi connectivity index (χ0) is 9.10. The third-order valence-electron chi connectivity index (χ3n) is 1.58. The van der Waals surface area contributed by atoms with Crippen molar-refractivity contribution in [2.24, 2.45) is 0 Å². The summed E-state index contributed by atoms with van der Waals surface area (Å²) in [4.78, 5) is 11.4. The zero-order valence-electron chi connectivity index (χ0n) is 7.24. The standard InChI is InChI=1S/C8H10N4S/c1-6-5-13-8(12-6)11-4-7-9-2-3-10-7/h2-3,5H,4H2,1H3,(H,9,10)(H,11,12). The first-order chi connectivity index (χ1) is 6.34. The molecular weight excluding hydrogens is 184 g/mol. The van der Waals surface area contributed by atoms with Crippen molar-refractivity contribution in [2.45, 2.75) is 13.5 Å². The highest BCUT2D eigenvalue weighted by molar-refractivity contribution is 7.13. The number of aromatic nitrogens is 3. The number of thiazole rings is 1. The Morgan fingerprint density at radius 3 is 3.15 bits per heavy atom. The van der Waals surface area contributed by atoms with Gasteiger partial charge in [-0.3, -0.25) is 0 Å². The van der Waals surface area contributed by atoms with Crippen LogP contribution in [-0.4, -0.2) is 15.0 Å². The van der Waals surface area contributed by atoms with Gasteiger partial charge in [-0.15, -0.1) is 11.3 Å². The van der Waals surface area contributed by atoms with Crippen LogP contribution in [0.1, 0.15) is 11.5 Å². The van der Waals surface area contributed by atoms with E-state index in [1.54, 1.807) is 17.5 Å². The molecule has 2 aromatic rings. The number of nitrogens with zero attached hydrogens (tertiary/aromatic N) is 2. The molecule has 0 unspecified atom stereocenters. The minimum atomic E-state index is 0.694. The molecule has 0 amide bonds. The fourth-order valence-electron chi connectivity index (χ4n) is 0.989. The maximum atomic E-state index is 4.28. The van der Waals surface area contributed by atoms with Crippen LogP contribution in [0.25, 0.3) is 0 Å². The molecule has 2 rings (SSSR count). The van der Waals surface area contributed by atoms with Gasteiger partial charge in [0.2, 0.25) is 0 Å². The van der Waals surface area contributed by atoms with Crippen molar-refractivity contribution in [2.75, 3.05) is 5.32 Å².